The third-order valence-corrected chi connectivity index (χ3v) is 8.29. The van der Waals surface area contributed by atoms with Crippen LogP contribution in [0.15, 0.2) is 11.6 Å². The lowest BCUT2D eigenvalue weighted by molar-refractivity contribution is -0.143. The minimum Gasteiger partial charge on any atom is -0.453 e. The molecule has 2 saturated heterocycles. The first-order valence-corrected chi connectivity index (χ1v) is 14.2. The molecule has 12 nitrogen and oxygen atoms in total. The van der Waals surface area contributed by atoms with Gasteiger partial charge in [-0.15, -0.1) is 0 Å². The van der Waals surface area contributed by atoms with Gasteiger partial charge in [-0.05, 0) is 65.7 Å². The topological polar surface area (TPSA) is 156 Å². The minimum absolute atomic E-state index is 0.166. The van der Waals surface area contributed by atoms with Gasteiger partial charge < -0.3 is 34.6 Å². The second kappa shape index (κ2) is 13.7. The standard InChI is InChI=1S/C27H44BN5O7/c1-26(2,33-14-12-31(13-15-33)25(36)39-4)18-27(3,19-29)23(34)32-11-7-10-21(17-32)40-24(35)30-22(28(37)38)16-20-8-5-6-9-20/h8,21-22,37-38H,5-7,9-18H2,1-4H3,(H,30,35)/t21-,22-,27?/m0/s1. The van der Waals surface area contributed by atoms with Crippen LogP contribution in [0.25, 0.3) is 0 Å². The van der Waals surface area contributed by atoms with Crippen molar-refractivity contribution in [2.75, 3.05) is 46.4 Å². The SMILES string of the molecule is COC(=O)N1CCN(C(C)(C)CC(C)(C#N)C(=O)N2CCC[C@H](OC(=O)N[C@@H](CC3=CCCC3)B(O)O)C2)CC1. The molecule has 3 aliphatic rings. The summed E-state index contributed by atoms with van der Waals surface area (Å²) in [5.74, 6) is -1.18. The lowest BCUT2D eigenvalue weighted by atomic mass is 9.76. The number of rotatable bonds is 9. The summed E-state index contributed by atoms with van der Waals surface area (Å²) in [7, 11) is -0.363. The molecular formula is C27H44BN5O7. The number of ether oxygens (including phenoxy) is 2. The van der Waals surface area contributed by atoms with Gasteiger partial charge in [0.1, 0.15) is 11.5 Å². The maximum Gasteiger partial charge on any atom is 0.475 e. The molecule has 0 spiro atoms. The van der Waals surface area contributed by atoms with Crippen molar-refractivity contribution in [1.29, 1.82) is 5.26 Å². The highest BCUT2D eigenvalue weighted by Crippen LogP contribution is 2.35. The normalized spacial score (nSPS) is 22.4. The van der Waals surface area contributed by atoms with Gasteiger partial charge in [0.2, 0.25) is 5.91 Å². The molecule has 2 fully saturated rings. The van der Waals surface area contributed by atoms with Crippen LogP contribution in [0.2, 0.25) is 0 Å². The molecule has 3 rings (SSSR count). The predicted molar refractivity (Wildman–Crippen MR) is 148 cm³/mol. The van der Waals surface area contributed by atoms with Gasteiger partial charge in [-0.2, -0.15) is 5.26 Å². The number of alkyl carbamates (subject to hydrolysis) is 1. The third-order valence-electron chi connectivity index (χ3n) is 8.29. The van der Waals surface area contributed by atoms with E-state index in [9.17, 15) is 29.7 Å². The Morgan fingerprint density at radius 2 is 1.85 bits per heavy atom. The van der Waals surface area contributed by atoms with Gasteiger partial charge in [0.05, 0.1) is 25.7 Å². The van der Waals surface area contributed by atoms with Crippen molar-refractivity contribution >= 4 is 25.2 Å². The molecule has 1 unspecified atom stereocenters. The summed E-state index contributed by atoms with van der Waals surface area (Å²) in [5.41, 5.74) is -0.700. The Hall–Kier alpha value is -2.82. The number of piperazine rings is 1. The molecule has 2 aliphatic heterocycles. The van der Waals surface area contributed by atoms with Crippen LogP contribution in [0, 0.1) is 16.7 Å². The van der Waals surface area contributed by atoms with Gasteiger partial charge in [0.15, 0.2) is 0 Å². The molecule has 0 aromatic heterocycles. The summed E-state index contributed by atoms with van der Waals surface area (Å²) in [5, 5.41) is 32.2. The van der Waals surface area contributed by atoms with E-state index in [2.05, 4.69) is 22.4 Å². The summed E-state index contributed by atoms with van der Waals surface area (Å²) < 4.78 is 10.4. The molecule has 3 atom stereocenters. The number of nitrogens with one attached hydrogen (secondary N) is 1. The highest BCUT2D eigenvalue weighted by Gasteiger charge is 2.45. The summed E-state index contributed by atoms with van der Waals surface area (Å²) in [6.45, 7) is 8.51. The average molecular weight is 561 g/mol. The first kappa shape index (κ1) is 31.7. The third kappa shape index (κ3) is 8.11. The van der Waals surface area contributed by atoms with Crippen molar-refractivity contribution < 1.29 is 33.9 Å². The van der Waals surface area contributed by atoms with E-state index in [1.807, 2.05) is 13.8 Å². The van der Waals surface area contributed by atoms with Gasteiger partial charge in [-0.25, -0.2) is 9.59 Å². The van der Waals surface area contributed by atoms with Crippen molar-refractivity contribution in [3.63, 3.8) is 0 Å². The van der Waals surface area contributed by atoms with Crippen LogP contribution in [0.4, 0.5) is 9.59 Å². The maximum atomic E-state index is 13.7. The van der Waals surface area contributed by atoms with E-state index in [-0.39, 0.29) is 18.5 Å². The Morgan fingerprint density at radius 1 is 1.15 bits per heavy atom. The van der Waals surface area contributed by atoms with Gasteiger partial charge in [0.25, 0.3) is 0 Å². The van der Waals surface area contributed by atoms with Crippen LogP contribution in [0.5, 0.6) is 0 Å². The van der Waals surface area contributed by atoms with E-state index in [1.54, 1.807) is 16.7 Å². The van der Waals surface area contributed by atoms with Crippen LogP contribution in [0.1, 0.15) is 65.7 Å². The summed E-state index contributed by atoms with van der Waals surface area (Å²) in [4.78, 5) is 43.5. The Labute approximate surface area is 237 Å². The second-order valence-corrected chi connectivity index (χ2v) is 11.9. The van der Waals surface area contributed by atoms with Gasteiger partial charge in [-0.1, -0.05) is 11.6 Å². The average Bonchev–Trinajstić information content (AvgIpc) is 3.45. The van der Waals surface area contributed by atoms with E-state index >= 15 is 0 Å². The molecule has 2 heterocycles. The molecule has 3 N–H and O–H groups in total. The number of carbonyl (C=O) groups is 3. The largest absolute Gasteiger partial charge is 0.475 e. The van der Waals surface area contributed by atoms with Crippen molar-refractivity contribution in [1.82, 2.24) is 20.0 Å². The molecular weight excluding hydrogens is 517 g/mol. The summed E-state index contributed by atoms with van der Waals surface area (Å²) in [6, 6.07) is 2.25. The molecule has 0 aromatic rings. The fraction of sp³-hybridized carbons (Fsp3) is 0.778. The summed E-state index contributed by atoms with van der Waals surface area (Å²) in [6.07, 6.45) is 5.03. The number of nitrogens with zero attached hydrogens (tertiary/aromatic N) is 4. The van der Waals surface area contributed by atoms with Crippen LogP contribution in [0.3, 0.4) is 0 Å². The highest BCUT2D eigenvalue weighted by atomic mass is 16.6. The van der Waals surface area contributed by atoms with E-state index in [0.29, 0.717) is 58.4 Å². The number of allylic oxidation sites excluding steroid dienone is 1. The Balaban J connectivity index is 1.57. The van der Waals surface area contributed by atoms with Crippen LogP contribution < -0.4 is 5.32 Å². The Bertz CT molecular complexity index is 992. The number of hydrogen-bond donors (Lipinski definition) is 3. The predicted octanol–water partition coefficient (Wildman–Crippen LogP) is 1.67. The molecule has 13 heteroatoms. The molecule has 0 saturated carbocycles. The lowest BCUT2D eigenvalue weighted by Crippen LogP contribution is -2.58. The zero-order valence-electron chi connectivity index (χ0n) is 24.2. The fourth-order valence-corrected chi connectivity index (χ4v) is 6.10. The molecule has 1 aliphatic carbocycles. The number of methoxy groups -OCH3 is 1. The quantitative estimate of drug-likeness (QED) is 0.282. The van der Waals surface area contributed by atoms with Crippen molar-refractivity contribution in [2.45, 2.75) is 83.3 Å². The number of carbonyl (C=O) groups excluding carboxylic acids is 3. The molecule has 0 bridgehead atoms. The number of hydrogen-bond acceptors (Lipinski definition) is 9. The molecule has 40 heavy (non-hydrogen) atoms. The maximum absolute atomic E-state index is 13.7. The Morgan fingerprint density at radius 3 is 2.42 bits per heavy atom. The first-order chi connectivity index (χ1) is 18.9. The highest BCUT2D eigenvalue weighted by molar-refractivity contribution is 6.43. The fourth-order valence-electron chi connectivity index (χ4n) is 6.10. The number of likely N-dealkylation sites (tertiary alicyclic amines) is 1. The van der Waals surface area contributed by atoms with Gasteiger partial charge in [-0.3, -0.25) is 9.69 Å². The van der Waals surface area contributed by atoms with Crippen molar-refractivity contribution in [3.8, 4) is 6.07 Å². The molecule has 3 amide bonds. The van der Waals surface area contributed by atoms with E-state index < -0.39 is 36.2 Å². The monoisotopic (exact) mass is 561 g/mol. The van der Waals surface area contributed by atoms with E-state index in [1.165, 1.54) is 7.11 Å². The molecule has 0 aromatic carbocycles. The Kier molecular flexibility index (Phi) is 10.9. The number of piperidine rings is 1. The van der Waals surface area contributed by atoms with Crippen LogP contribution in [-0.4, -0.2) is 114 Å². The van der Waals surface area contributed by atoms with Crippen LogP contribution in [-0.2, 0) is 14.3 Å². The second-order valence-electron chi connectivity index (χ2n) is 11.9. The van der Waals surface area contributed by atoms with Crippen LogP contribution >= 0.6 is 0 Å². The van der Waals surface area contributed by atoms with Crippen molar-refractivity contribution in [3.05, 3.63) is 11.6 Å². The zero-order chi connectivity index (χ0) is 29.5. The summed E-state index contributed by atoms with van der Waals surface area (Å²) >= 11 is 0. The molecule has 222 valence electrons. The smallest absolute Gasteiger partial charge is 0.453 e. The number of nitriles is 1. The minimum atomic E-state index is -1.72. The molecule has 0 radical (unpaired) electrons. The van der Waals surface area contributed by atoms with E-state index in [0.717, 1.165) is 24.8 Å². The number of amides is 3. The lowest BCUT2D eigenvalue weighted by Gasteiger charge is -2.46. The van der Waals surface area contributed by atoms with Gasteiger partial charge in [0, 0.05) is 38.3 Å². The van der Waals surface area contributed by atoms with Crippen molar-refractivity contribution in [2.24, 2.45) is 5.41 Å². The first-order valence-electron chi connectivity index (χ1n) is 14.2. The van der Waals surface area contributed by atoms with Gasteiger partial charge >= 0.3 is 19.3 Å². The zero-order valence-corrected chi connectivity index (χ0v) is 24.2. The van der Waals surface area contributed by atoms with E-state index in [4.69, 9.17) is 9.47 Å².